The van der Waals surface area contributed by atoms with Gasteiger partial charge in [-0.15, -0.1) is 11.8 Å². The molecule has 3 N–H and O–H groups in total. The Morgan fingerprint density at radius 3 is 2.82 bits per heavy atom. The molecule has 0 spiro atoms. The van der Waals surface area contributed by atoms with Crippen molar-refractivity contribution in [2.75, 3.05) is 11.6 Å². The third kappa shape index (κ3) is 3.03. The van der Waals surface area contributed by atoms with E-state index in [1.54, 1.807) is 11.8 Å². The van der Waals surface area contributed by atoms with E-state index in [0.29, 0.717) is 5.56 Å². The topological polar surface area (TPSA) is 74.0 Å². The van der Waals surface area contributed by atoms with Gasteiger partial charge in [0.2, 0.25) is 5.91 Å². The molecule has 1 aliphatic rings. The number of hydrogen-bond acceptors (Lipinski definition) is 4. The molecule has 116 valence electrons. The number of carbonyl (C=O) groups is 1. The van der Waals surface area contributed by atoms with Crippen molar-refractivity contribution in [3.8, 4) is 0 Å². The van der Waals surface area contributed by atoms with E-state index < -0.39 is 0 Å². The number of hydrogen-bond donors (Lipinski definition) is 3. The molecule has 2 heterocycles. The van der Waals surface area contributed by atoms with Gasteiger partial charge < -0.3 is 10.3 Å². The van der Waals surface area contributed by atoms with Crippen LogP contribution in [0.2, 0.25) is 0 Å². The number of rotatable bonds is 3. The van der Waals surface area contributed by atoms with E-state index in [9.17, 15) is 9.59 Å². The summed E-state index contributed by atoms with van der Waals surface area (Å²) in [6.07, 6.45) is 0. The van der Waals surface area contributed by atoms with Gasteiger partial charge in [0.15, 0.2) is 0 Å². The van der Waals surface area contributed by atoms with Crippen molar-refractivity contribution in [3.05, 3.63) is 45.2 Å². The summed E-state index contributed by atoms with van der Waals surface area (Å²) >= 11 is 1.70. The molecule has 1 amide bonds. The zero-order valence-corrected chi connectivity index (χ0v) is 13.5. The molecule has 5 nitrogen and oxygen atoms in total. The van der Waals surface area contributed by atoms with E-state index in [1.807, 2.05) is 26.0 Å². The smallest absolute Gasteiger partial charge is 0.253 e. The number of aromatic amines is 1. The second-order valence-electron chi connectivity index (χ2n) is 5.64. The molecule has 6 heteroatoms. The minimum absolute atomic E-state index is 0.0513. The monoisotopic (exact) mass is 317 g/mol. The first-order chi connectivity index (χ1) is 10.5. The number of carbonyl (C=O) groups excluding carboxylic acids is 1. The second kappa shape index (κ2) is 6.14. The predicted molar refractivity (Wildman–Crippen MR) is 90.1 cm³/mol. The molecule has 1 aromatic heterocycles. The summed E-state index contributed by atoms with van der Waals surface area (Å²) in [7, 11) is 0. The Labute approximate surface area is 132 Å². The molecule has 22 heavy (non-hydrogen) atoms. The number of benzene rings is 1. The van der Waals surface area contributed by atoms with Crippen LogP contribution in [0.3, 0.4) is 0 Å². The molecular formula is C16H19N3O2S. The number of nitrogens with one attached hydrogen (secondary N) is 3. The van der Waals surface area contributed by atoms with Crippen molar-refractivity contribution < 1.29 is 4.79 Å². The Morgan fingerprint density at radius 2 is 2.09 bits per heavy atom. The van der Waals surface area contributed by atoms with E-state index >= 15 is 0 Å². The molecule has 1 aromatic carbocycles. The summed E-state index contributed by atoms with van der Waals surface area (Å²) in [5, 5.41) is 6.94. The van der Waals surface area contributed by atoms with Gasteiger partial charge in [-0.05, 0) is 48.6 Å². The largest absolute Gasteiger partial charge is 0.350 e. The number of H-pyrrole nitrogens is 1. The fourth-order valence-corrected chi connectivity index (χ4v) is 3.46. The highest BCUT2D eigenvalue weighted by Crippen LogP contribution is 2.17. The van der Waals surface area contributed by atoms with Crippen LogP contribution in [0.4, 0.5) is 0 Å². The van der Waals surface area contributed by atoms with Gasteiger partial charge in [0.25, 0.3) is 5.56 Å². The van der Waals surface area contributed by atoms with Crippen LogP contribution in [0.5, 0.6) is 0 Å². The highest BCUT2D eigenvalue weighted by atomic mass is 32.2. The van der Waals surface area contributed by atoms with E-state index in [1.165, 1.54) is 5.56 Å². The Balaban J connectivity index is 1.81. The van der Waals surface area contributed by atoms with Crippen LogP contribution < -0.4 is 16.2 Å². The number of thioether (sulfide) groups is 1. The van der Waals surface area contributed by atoms with Crippen LogP contribution in [-0.4, -0.2) is 28.6 Å². The van der Waals surface area contributed by atoms with Crippen LogP contribution in [-0.2, 0) is 11.3 Å². The van der Waals surface area contributed by atoms with Crippen molar-refractivity contribution in [2.45, 2.75) is 26.4 Å². The first-order valence-corrected chi connectivity index (χ1v) is 8.42. The lowest BCUT2D eigenvalue weighted by atomic mass is 10.0. The fraction of sp³-hybridized carbons (Fsp3) is 0.375. The lowest BCUT2D eigenvalue weighted by Gasteiger charge is -2.11. The minimum atomic E-state index is -0.158. The Bertz CT molecular complexity index is 779. The van der Waals surface area contributed by atoms with Gasteiger partial charge in [-0.3, -0.25) is 14.9 Å². The second-order valence-corrected chi connectivity index (χ2v) is 6.67. The summed E-state index contributed by atoms with van der Waals surface area (Å²) in [5.41, 5.74) is 3.59. The lowest BCUT2D eigenvalue weighted by Crippen LogP contribution is -2.42. The van der Waals surface area contributed by atoms with Crippen molar-refractivity contribution in [1.82, 2.24) is 15.6 Å². The van der Waals surface area contributed by atoms with E-state index in [4.69, 9.17) is 0 Å². The Hall–Kier alpha value is -1.79. The third-order valence-corrected chi connectivity index (χ3v) is 4.96. The predicted octanol–water partition coefficient (Wildman–Crippen LogP) is 1.42. The van der Waals surface area contributed by atoms with Gasteiger partial charge in [-0.1, -0.05) is 0 Å². The number of aromatic nitrogens is 1. The summed E-state index contributed by atoms with van der Waals surface area (Å²) in [4.78, 5) is 27.0. The molecule has 1 saturated heterocycles. The van der Waals surface area contributed by atoms with Crippen LogP contribution >= 0.6 is 11.8 Å². The summed E-state index contributed by atoms with van der Waals surface area (Å²) in [6.45, 7) is 4.32. The first kappa shape index (κ1) is 15.1. The van der Waals surface area contributed by atoms with Crippen LogP contribution in [0.25, 0.3) is 10.9 Å². The van der Waals surface area contributed by atoms with Gasteiger partial charge >= 0.3 is 0 Å². The maximum atomic E-state index is 12.1. The minimum Gasteiger partial charge on any atom is -0.350 e. The zero-order valence-electron chi connectivity index (χ0n) is 12.7. The number of amides is 1. The summed E-state index contributed by atoms with van der Waals surface area (Å²) in [6, 6.07) is 5.74. The molecule has 1 fully saturated rings. The maximum absolute atomic E-state index is 12.1. The molecule has 0 aliphatic carbocycles. The third-order valence-electron chi connectivity index (χ3n) is 4.02. The van der Waals surface area contributed by atoms with Gasteiger partial charge in [0.05, 0.1) is 6.04 Å². The van der Waals surface area contributed by atoms with Gasteiger partial charge in [-0.25, -0.2) is 0 Å². The molecule has 0 bridgehead atoms. The molecule has 0 saturated carbocycles. The first-order valence-electron chi connectivity index (χ1n) is 7.26. The van der Waals surface area contributed by atoms with Crippen LogP contribution in [0.15, 0.2) is 23.0 Å². The number of pyridine rings is 1. The molecule has 1 unspecified atom stereocenters. The van der Waals surface area contributed by atoms with Crippen molar-refractivity contribution in [2.24, 2.45) is 0 Å². The Kier molecular flexibility index (Phi) is 4.22. The number of fused-ring (bicyclic) bond motifs is 1. The number of aryl methyl sites for hydroxylation is 2. The van der Waals surface area contributed by atoms with E-state index in [0.717, 1.165) is 28.1 Å². The maximum Gasteiger partial charge on any atom is 0.253 e. The van der Waals surface area contributed by atoms with Crippen molar-refractivity contribution >= 4 is 28.6 Å². The van der Waals surface area contributed by atoms with E-state index in [-0.39, 0.29) is 24.1 Å². The Morgan fingerprint density at radius 1 is 1.32 bits per heavy atom. The quantitative estimate of drug-likeness (QED) is 0.800. The van der Waals surface area contributed by atoms with Gasteiger partial charge in [0, 0.05) is 29.3 Å². The average molecular weight is 317 g/mol. The highest BCUT2D eigenvalue weighted by molar-refractivity contribution is 7.99. The summed E-state index contributed by atoms with van der Waals surface area (Å²) in [5.74, 6) is 1.52. The lowest BCUT2D eigenvalue weighted by molar-refractivity contribution is -0.122. The summed E-state index contributed by atoms with van der Waals surface area (Å²) < 4.78 is 0. The zero-order chi connectivity index (χ0) is 15.7. The van der Waals surface area contributed by atoms with Crippen molar-refractivity contribution in [1.29, 1.82) is 0 Å². The molecule has 2 aromatic rings. The van der Waals surface area contributed by atoms with Crippen LogP contribution in [0, 0.1) is 13.8 Å². The highest BCUT2D eigenvalue weighted by Gasteiger charge is 2.22. The average Bonchev–Trinajstić information content (AvgIpc) is 3.01. The fourth-order valence-electron chi connectivity index (χ4n) is 2.52. The molecule has 1 aliphatic heterocycles. The molecule has 3 rings (SSSR count). The van der Waals surface area contributed by atoms with Gasteiger partial charge in [-0.2, -0.15) is 0 Å². The molecule has 1 atom stereocenters. The normalized spacial score (nSPS) is 17.8. The van der Waals surface area contributed by atoms with Gasteiger partial charge in [0.1, 0.15) is 0 Å². The SMILES string of the molecule is Cc1cc2cc(CNC(=O)C3CSCN3)c(=O)[nH]c2cc1C. The van der Waals surface area contributed by atoms with E-state index in [2.05, 4.69) is 21.7 Å². The molecule has 0 radical (unpaired) electrons. The van der Waals surface area contributed by atoms with Crippen molar-refractivity contribution in [3.63, 3.8) is 0 Å². The van der Waals surface area contributed by atoms with Crippen LogP contribution in [0.1, 0.15) is 16.7 Å². The molecular weight excluding hydrogens is 298 g/mol. The standard InChI is InChI=1S/C16H19N3O2S/c1-9-3-11-5-12(15(20)19-13(11)4-10(9)2)6-17-16(21)14-7-22-8-18-14/h3-5,14,18H,6-8H2,1-2H3,(H,17,21)(H,19,20).